The molecule has 1 heterocycles. The Morgan fingerprint density at radius 2 is 1.89 bits per heavy atom. The zero-order chi connectivity index (χ0) is 19.8. The third-order valence-electron chi connectivity index (χ3n) is 4.09. The minimum absolute atomic E-state index is 0.137. The number of anilines is 1. The predicted octanol–water partition coefficient (Wildman–Crippen LogP) is 4.47. The number of allylic oxidation sites excluding steroid dienone is 1. The fourth-order valence-corrected chi connectivity index (χ4v) is 2.64. The standard InChI is InChI=1S/C22H23N3O3/c1-16(8-9-18-6-4-3-5-7-18)14-22(26)24-19-10-12-20(13-11-19)27-15-21-23-17(2)28-25-21/h3-7,10-14H,8-9,15H2,1-2H3,(H,24,26). The van der Waals surface area contributed by atoms with Gasteiger partial charge in [-0.25, -0.2) is 0 Å². The van der Waals surface area contributed by atoms with Crippen LogP contribution in [0.15, 0.2) is 70.8 Å². The first-order valence-electron chi connectivity index (χ1n) is 9.12. The number of hydrogen-bond acceptors (Lipinski definition) is 5. The van der Waals surface area contributed by atoms with Crippen molar-refractivity contribution in [3.63, 3.8) is 0 Å². The van der Waals surface area contributed by atoms with Crippen LogP contribution >= 0.6 is 0 Å². The van der Waals surface area contributed by atoms with Gasteiger partial charge in [-0.05, 0) is 49.6 Å². The van der Waals surface area contributed by atoms with Gasteiger partial charge in [-0.1, -0.05) is 41.1 Å². The summed E-state index contributed by atoms with van der Waals surface area (Å²) in [7, 11) is 0. The first kappa shape index (κ1) is 19.4. The molecular formula is C22H23N3O3. The van der Waals surface area contributed by atoms with Gasteiger partial charge in [0.25, 0.3) is 0 Å². The summed E-state index contributed by atoms with van der Waals surface area (Å²) in [6.07, 6.45) is 3.41. The maximum absolute atomic E-state index is 12.2. The molecule has 1 N–H and O–H groups in total. The number of benzene rings is 2. The zero-order valence-electron chi connectivity index (χ0n) is 16.0. The first-order valence-corrected chi connectivity index (χ1v) is 9.12. The summed E-state index contributed by atoms with van der Waals surface area (Å²) in [4.78, 5) is 16.3. The molecule has 0 fully saturated rings. The molecule has 0 bridgehead atoms. The van der Waals surface area contributed by atoms with E-state index in [0.29, 0.717) is 23.2 Å². The fraction of sp³-hybridized carbons (Fsp3) is 0.227. The number of carbonyl (C=O) groups is 1. The van der Waals surface area contributed by atoms with Crippen LogP contribution < -0.4 is 10.1 Å². The Bertz CT molecular complexity index is 931. The molecule has 0 radical (unpaired) electrons. The molecule has 3 aromatic rings. The van der Waals surface area contributed by atoms with Gasteiger partial charge in [0.05, 0.1) is 0 Å². The highest BCUT2D eigenvalue weighted by molar-refractivity contribution is 5.99. The third-order valence-corrected chi connectivity index (χ3v) is 4.09. The molecule has 6 heteroatoms. The molecule has 0 saturated heterocycles. The molecule has 1 amide bonds. The number of aryl methyl sites for hydroxylation is 2. The van der Waals surface area contributed by atoms with Crippen molar-refractivity contribution >= 4 is 11.6 Å². The van der Waals surface area contributed by atoms with E-state index in [1.54, 1.807) is 37.3 Å². The van der Waals surface area contributed by atoms with Crippen LogP contribution in [0.5, 0.6) is 5.75 Å². The summed E-state index contributed by atoms with van der Waals surface area (Å²) in [5, 5.41) is 6.64. The number of amides is 1. The molecule has 0 spiro atoms. The van der Waals surface area contributed by atoms with Crippen LogP contribution in [-0.2, 0) is 17.8 Å². The Hall–Kier alpha value is -3.41. The van der Waals surface area contributed by atoms with Crippen molar-refractivity contribution in [3.8, 4) is 5.75 Å². The summed E-state index contributed by atoms with van der Waals surface area (Å²) in [5.74, 6) is 1.52. The normalized spacial score (nSPS) is 11.3. The second kappa shape index (κ2) is 9.50. The van der Waals surface area contributed by atoms with E-state index in [9.17, 15) is 4.79 Å². The zero-order valence-corrected chi connectivity index (χ0v) is 16.0. The molecule has 144 valence electrons. The van der Waals surface area contributed by atoms with Gasteiger partial charge in [0.1, 0.15) is 5.75 Å². The van der Waals surface area contributed by atoms with Crippen molar-refractivity contribution < 1.29 is 14.1 Å². The van der Waals surface area contributed by atoms with Gasteiger partial charge in [-0.3, -0.25) is 4.79 Å². The van der Waals surface area contributed by atoms with E-state index in [1.165, 1.54) is 5.56 Å². The Morgan fingerprint density at radius 3 is 2.57 bits per heavy atom. The average molecular weight is 377 g/mol. The van der Waals surface area contributed by atoms with E-state index >= 15 is 0 Å². The van der Waals surface area contributed by atoms with Gasteiger partial charge in [-0.15, -0.1) is 0 Å². The Morgan fingerprint density at radius 1 is 1.14 bits per heavy atom. The summed E-state index contributed by atoms with van der Waals surface area (Å²) in [6.45, 7) is 3.93. The fourth-order valence-electron chi connectivity index (χ4n) is 2.64. The highest BCUT2D eigenvalue weighted by atomic mass is 16.5. The van der Waals surface area contributed by atoms with Crippen LogP contribution in [0.3, 0.4) is 0 Å². The predicted molar refractivity (Wildman–Crippen MR) is 107 cm³/mol. The largest absolute Gasteiger partial charge is 0.485 e. The summed E-state index contributed by atoms with van der Waals surface area (Å²) >= 11 is 0. The number of nitrogens with one attached hydrogen (secondary N) is 1. The maximum Gasteiger partial charge on any atom is 0.248 e. The Kier molecular flexibility index (Phi) is 6.57. The summed E-state index contributed by atoms with van der Waals surface area (Å²) in [5.41, 5.74) is 3.01. The van der Waals surface area contributed by atoms with Crippen LogP contribution in [0.2, 0.25) is 0 Å². The molecule has 28 heavy (non-hydrogen) atoms. The van der Waals surface area contributed by atoms with Gasteiger partial charge >= 0.3 is 0 Å². The van der Waals surface area contributed by atoms with Gasteiger partial charge in [0, 0.05) is 18.7 Å². The van der Waals surface area contributed by atoms with Crippen LogP contribution in [0.1, 0.15) is 30.6 Å². The summed E-state index contributed by atoms with van der Waals surface area (Å²) < 4.78 is 10.5. The lowest BCUT2D eigenvalue weighted by Gasteiger charge is -2.07. The smallest absolute Gasteiger partial charge is 0.248 e. The minimum Gasteiger partial charge on any atom is -0.485 e. The van der Waals surface area contributed by atoms with Crippen LogP contribution in [-0.4, -0.2) is 16.0 Å². The van der Waals surface area contributed by atoms with E-state index in [-0.39, 0.29) is 12.5 Å². The van der Waals surface area contributed by atoms with E-state index in [4.69, 9.17) is 9.26 Å². The van der Waals surface area contributed by atoms with Crippen LogP contribution in [0.4, 0.5) is 5.69 Å². The van der Waals surface area contributed by atoms with Gasteiger partial charge in [0.15, 0.2) is 6.61 Å². The van der Waals surface area contributed by atoms with E-state index in [1.807, 2.05) is 25.1 Å². The monoisotopic (exact) mass is 377 g/mol. The molecule has 0 unspecified atom stereocenters. The maximum atomic E-state index is 12.2. The second-order valence-electron chi connectivity index (χ2n) is 6.51. The topological polar surface area (TPSA) is 77.2 Å². The number of nitrogens with zero attached hydrogens (tertiary/aromatic N) is 2. The number of hydrogen-bond donors (Lipinski definition) is 1. The van der Waals surface area contributed by atoms with Crippen molar-refractivity contribution in [1.29, 1.82) is 0 Å². The minimum atomic E-state index is -0.137. The highest BCUT2D eigenvalue weighted by Gasteiger charge is 2.04. The van der Waals surface area contributed by atoms with Crippen molar-refractivity contribution in [2.24, 2.45) is 0 Å². The molecule has 0 saturated carbocycles. The molecule has 6 nitrogen and oxygen atoms in total. The van der Waals surface area contributed by atoms with Crippen LogP contribution in [0, 0.1) is 6.92 Å². The number of rotatable bonds is 8. The van der Waals surface area contributed by atoms with Crippen molar-refractivity contribution in [3.05, 3.63) is 83.5 Å². The Balaban J connectivity index is 1.46. The Labute approximate surface area is 164 Å². The summed E-state index contributed by atoms with van der Waals surface area (Å²) in [6, 6.07) is 17.4. The lowest BCUT2D eigenvalue weighted by atomic mass is 10.1. The van der Waals surface area contributed by atoms with E-state index in [2.05, 4.69) is 27.6 Å². The van der Waals surface area contributed by atoms with Gasteiger partial charge in [0.2, 0.25) is 17.6 Å². The van der Waals surface area contributed by atoms with Crippen LogP contribution in [0.25, 0.3) is 0 Å². The molecule has 2 aromatic carbocycles. The van der Waals surface area contributed by atoms with Crippen molar-refractivity contribution in [2.45, 2.75) is 33.3 Å². The number of ether oxygens (including phenoxy) is 1. The number of carbonyl (C=O) groups excluding carboxylic acids is 1. The molecule has 3 rings (SSSR count). The molecule has 1 aromatic heterocycles. The molecule has 0 aliphatic rings. The average Bonchev–Trinajstić information content (AvgIpc) is 3.12. The lowest BCUT2D eigenvalue weighted by Crippen LogP contribution is -2.08. The molecule has 0 atom stereocenters. The number of aromatic nitrogens is 2. The first-order chi connectivity index (χ1) is 13.6. The quantitative estimate of drug-likeness (QED) is 0.586. The van der Waals surface area contributed by atoms with Crippen molar-refractivity contribution in [2.75, 3.05) is 5.32 Å². The lowest BCUT2D eigenvalue weighted by molar-refractivity contribution is -0.112. The highest BCUT2D eigenvalue weighted by Crippen LogP contribution is 2.17. The van der Waals surface area contributed by atoms with Gasteiger partial charge in [-0.2, -0.15) is 4.98 Å². The van der Waals surface area contributed by atoms with Crippen molar-refractivity contribution in [1.82, 2.24) is 10.1 Å². The molecular weight excluding hydrogens is 354 g/mol. The second-order valence-corrected chi connectivity index (χ2v) is 6.51. The molecule has 0 aliphatic carbocycles. The molecule has 0 aliphatic heterocycles. The van der Waals surface area contributed by atoms with E-state index < -0.39 is 0 Å². The third kappa shape index (κ3) is 6.09. The van der Waals surface area contributed by atoms with Gasteiger partial charge < -0.3 is 14.6 Å². The SMILES string of the molecule is CC(=CC(=O)Nc1ccc(OCc2noc(C)n2)cc1)CCc1ccccc1. The van der Waals surface area contributed by atoms with E-state index in [0.717, 1.165) is 18.4 Å².